The highest BCUT2D eigenvalue weighted by Gasteiger charge is 2.16. The van der Waals surface area contributed by atoms with Gasteiger partial charge in [-0.05, 0) is 49.2 Å². The number of nitrogens with one attached hydrogen (secondary N) is 1. The Bertz CT molecular complexity index is 592. The zero-order valence-corrected chi connectivity index (χ0v) is 12.0. The maximum Gasteiger partial charge on any atom is 0.123 e. The van der Waals surface area contributed by atoms with E-state index in [0.717, 1.165) is 31.6 Å². The maximum absolute atomic E-state index is 6.01. The van der Waals surface area contributed by atoms with Crippen molar-refractivity contribution in [1.82, 2.24) is 5.32 Å². The number of aryl methyl sites for hydroxylation is 1. The molecule has 0 saturated heterocycles. The molecular formula is C18H21NO. The van der Waals surface area contributed by atoms with Crippen molar-refractivity contribution in [3.63, 3.8) is 0 Å². The van der Waals surface area contributed by atoms with Crippen molar-refractivity contribution in [3.8, 4) is 5.75 Å². The summed E-state index contributed by atoms with van der Waals surface area (Å²) in [5.41, 5.74) is 5.50. The van der Waals surface area contributed by atoms with Crippen LogP contribution in [-0.4, -0.2) is 13.6 Å². The van der Waals surface area contributed by atoms with Crippen LogP contribution in [0.15, 0.2) is 42.5 Å². The van der Waals surface area contributed by atoms with E-state index in [1.807, 2.05) is 7.05 Å². The highest BCUT2D eigenvalue weighted by molar-refractivity contribution is 5.46. The van der Waals surface area contributed by atoms with Crippen molar-refractivity contribution < 1.29 is 4.74 Å². The van der Waals surface area contributed by atoms with Crippen molar-refractivity contribution >= 4 is 0 Å². The van der Waals surface area contributed by atoms with Crippen LogP contribution in [0, 0.1) is 0 Å². The Morgan fingerprint density at radius 2 is 1.90 bits per heavy atom. The third-order valence-electron chi connectivity index (χ3n) is 3.97. The number of ether oxygens (including phenoxy) is 1. The van der Waals surface area contributed by atoms with Gasteiger partial charge in [0.1, 0.15) is 12.4 Å². The molecule has 0 fully saturated rings. The number of hydrogen-bond acceptors (Lipinski definition) is 2. The van der Waals surface area contributed by atoms with Crippen molar-refractivity contribution in [2.75, 3.05) is 13.6 Å². The van der Waals surface area contributed by atoms with Crippen LogP contribution in [-0.2, 0) is 19.4 Å². The zero-order chi connectivity index (χ0) is 13.8. The van der Waals surface area contributed by atoms with E-state index < -0.39 is 0 Å². The first-order valence-electron chi connectivity index (χ1n) is 7.33. The predicted octanol–water partition coefficient (Wildman–Crippen LogP) is 3.32. The quantitative estimate of drug-likeness (QED) is 0.858. The lowest BCUT2D eigenvalue weighted by Crippen LogP contribution is -2.09. The largest absolute Gasteiger partial charge is 0.489 e. The van der Waals surface area contributed by atoms with Crippen LogP contribution in [0.5, 0.6) is 5.75 Å². The predicted molar refractivity (Wildman–Crippen MR) is 82.3 cm³/mol. The second-order valence-electron chi connectivity index (χ2n) is 5.34. The summed E-state index contributed by atoms with van der Waals surface area (Å²) in [4.78, 5) is 0. The Labute approximate surface area is 120 Å². The van der Waals surface area contributed by atoms with Crippen LogP contribution in [0.1, 0.15) is 28.7 Å². The first kappa shape index (κ1) is 13.2. The van der Waals surface area contributed by atoms with Gasteiger partial charge in [0.15, 0.2) is 0 Å². The first-order chi connectivity index (χ1) is 9.88. The summed E-state index contributed by atoms with van der Waals surface area (Å²) >= 11 is 0. The highest BCUT2D eigenvalue weighted by atomic mass is 16.5. The maximum atomic E-state index is 6.01. The second-order valence-corrected chi connectivity index (χ2v) is 5.34. The van der Waals surface area contributed by atoms with Crippen LogP contribution in [0.2, 0.25) is 0 Å². The Balaban J connectivity index is 1.91. The van der Waals surface area contributed by atoms with Crippen LogP contribution in [0.4, 0.5) is 0 Å². The summed E-state index contributed by atoms with van der Waals surface area (Å²) in [5, 5.41) is 3.21. The summed E-state index contributed by atoms with van der Waals surface area (Å²) in [6.45, 7) is 1.74. The Kier molecular flexibility index (Phi) is 4.03. The average molecular weight is 267 g/mol. The first-order valence-corrected chi connectivity index (χ1v) is 7.33. The molecule has 0 spiro atoms. The minimum Gasteiger partial charge on any atom is -0.489 e. The fourth-order valence-corrected chi connectivity index (χ4v) is 2.85. The van der Waals surface area contributed by atoms with Crippen LogP contribution < -0.4 is 10.1 Å². The van der Waals surface area contributed by atoms with Crippen LogP contribution in [0.25, 0.3) is 0 Å². The fourth-order valence-electron chi connectivity index (χ4n) is 2.85. The molecule has 0 radical (unpaired) electrons. The molecule has 1 aliphatic rings. The summed E-state index contributed by atoms with van der Waals surface area (Å²) in [6, 6.07) is 15.1. The molecule has 0 atom stereocenters. The second kappa shape index (κ2) is 6.10. The standard InChI is InChI=1S/C18H21NO/c1-19-11-5-9-14-8-4-10-18-17(14)12-15-6-2-3-7-16(15)13-20-18/h2-4,6-8,10,19H,5,9,11-13H2,1H3. The van der Waals surface area contributed by atoms with Crippen molar-refractivity contribution in [2.45, 2.75) is 25.9 Å². The van der Waals surface area contributed by atoms with Gasteiger partial charge in [0, 0.05) is 12.0 Å². The van der Waals surface area contributed by atoms with E-state index in [0.29, 0.717) is 6.61 Å². The SMILES string of the molecule is CNCCCc1cccc2c1Cc1ccccc1CO2. The molecule has 0 saturated carbocycles. The number of fused-ring (bicyclic) bond motifs is 2. The number of hydrogen-bond donors (Lipinski definition) is 1. The van der Waals surface area contributed by atoms with Crippen LogP contribution in [0.3, 0.4) is 0 Å². The molecule has 0 aliphatic carbocycles. The molecule has 1 heterocycles. The Hall–Kier alpha value is -1.80. The van der Waals surface area contributed by atoms with Gasteiger partial charge in [-0.1, -0.05) is 36.4 Å². The lowest BCUT2D eigenvalue weighted by molar-refractivity contribution is 0.306. The van der Waals surface area contributed by atoms with Crippen molar-refractivity contribution in [1.29, 1.82) is 0 Å². The minimum absolute atomic E-state index is 0.684. The third-order valence-corrected chi connectivity index (χ3v) is 3.97. The van der Waals surface area contributed by atoms with Crippen molar-refractivity contribution in [3.05, 3.63) is 64.7 Å². The van der Waals surface area contributed by atoms with Gasteiger partial charge >= 0.3 is 0 Å². The van der Waals surface area contributed by atoms with E-state index in [-0.39, 0.29) is 0 Å². The Morgan fingerprint density at radius 1 is 1.05 bits per heavy atom. The minimum atomic E-state index is 0.684. The van der Waals surface area contributed by atoms with E-state index >= 15 is 0 Å². The molecule has 0 bridgehead atoms. The molecule has 1 aliphatic heterocycles. The summed E-state index contributed by atoms with van der Waals surface area (Å²) in [5.74, 6) is 1.06. The smallest absolute Gasteiger partial charge is 0.123 e. The Morgan fingerprint density at radius 3 is 2.75 bits per heavy atom. The van der Waals surface area contributed by atoms with Gasteiger partial charge in [0.05, 0.1) is 0 Å². The van der Waals surface area contributed by atoms with Crippen LogP contribution >= 0.6 is 0 Å². The lowest BCUT2D eigenvalue weighted by atomic mass is 9.95. The summed E-state index contributed by atoms with van der Waals surface area (Å²) in [7, 11) is 2.00. The molecule has 1 N–H and O–H groups in total. The van der Waals surface area contributed by atoms with E-state index in [1.54, 1.807) is 0 Å². The van der Waals surface area contributed by atoms with Gasteiger partial charge in [-0.15, -0.1) is 0 Å². The molecule has 0 aromatic heterocycles. The third kappa shape index (κ3) is 2.70. The van der Waals surface area contributed by atoms with E-state index in [2.05, 4.69) is 47.8 Å². The molecule has 3 rings (SSSR count). The number of benzene rings is 2. The summed E-state index contributed by atoms with van der Waals surface area (Å²) < 4.78 is 6.01. The normalized spacial score (nSPS) is 13.1. The lowest BCUT2D eigenvalue weighted by Gasteiger charge is -2.12. The van der Waals surface area contributed by atoms with Gasteiger partial charge < -0.3 is 10.1 Å². The van der Waals surface area contributed by atoms with E-state index in [1.165, 1.54) is 22.3 Å². The van der Waals surface area contributed by atoms with E-state index in [4.69, 9.17) is 4.74 Å². The van der Waals surface area contributed by atoms with Gasteiger partial charge in [0.2, 0.25) is 0 Å². The molecule has 2 heteroatoms. The zero-order valence-electron chi connectivity index (χ0n) is 12.0. The molecule has 0 amide bonds. The molecule has 104 valence electrons. The van der Waals surface area contributed by atoms with Gasteiger partial charge in [-0.25, -0.2) is 0 Å². The average Bonchev–Trinajstić information content (AvgIpc) is 2.67. The fraction of sp³-hybridized carbons (Fsp3) is 0.333. The molecular weight excluding hydrogens is 246 g/mol. The highest BCUT2D eigenvalue weighted by Crippen LogP contribution is 2.31. The van der Waals surface area contributed by atoms with Gasteiger partial charge in [-0.3, -0.25) is 0 Å². The molecule has 0 unspecified atom stereocenters. The topological polar surface area (TPSA) is 21.3 Å². The monoisotopic (exact) mass is 267 g/mol. The van der Waals surface area contributed by atoms with Crippen molar-refractivity contribution in [2.24, 2.45) is 0 Å². The van der Waals surface area contributed by atoms with E-state index in [9.17, 15) is 0 Å². The molecule has 2 aromatic rings. The van der Waals surface area contributed by atoms with Gasteiger partial charge in [0.25, 0.3) is 0 Å². The number of rotatable bonds is 4. The summed E-state index contributed by atoms with van der Waals surface area (Å²) in [6.07, 6.45) is 3.26. The molecule has 2 aromatic carbocycles. The molecule has 20 heavy (non-hydrogen) atoms. The van der Waals surface area contributed by atoms with Gasteiger partial charge in [-0.2, -0.15) is 0 Å². The molecule has 2 nitrogen and oxygen atoms in total.